The molecule has 0 radical (unpaired) electrons. The van der Waals surface area contributed by atoms with Gasteiger partial charge in [-0.15, -0.1) is 0 Å². The van der Waals surface area contributed by atoms with E-state index in [4.69, 9.17) is 9.47 Å². The highest BCUT2D eigenvalue weighted by atomic mass is 16.5. The molecule has 5 heteroatoms. The molecule has 1 aromatic rings. The molecular weight excluding hydrogens is 230 g/mol. The van der Waals surface area contributed by atoms with E-state index in [1.807, 2.05) is 19.9 Å². The van der Waals surface area contributed by atoms with Crippen molar-refractivity contribution >= 4 is 5.82 Å². The first-order valence-corrected chi connectivity index (χ1v) is 6.62. The van der Waals surface area contributed by atoms with Gasteiger partial charge >= 0.3 is 0 Å². The van der Waals surface area contributed by atoms with E-state index in [-0.39, 0.29) is 0 Å². The van der Waals surface area contributed by atoms with Crippen LogP contribution in [-0.4, -0.2) is 29.7 Å². The summed E-state index contributed by atoms with van der Waals surface area (Å²) < 4.78 is 10.9. The summed E-state index contributed by atoms with van der Waals surface area (Å²) in [6.07, 6.45) is 2.14. The number of aromatic nitrogens is 2. The van der Waals surface area contributed by atoms with Crippen LogP contribution >= 0.6 is 0 Å². The summed E-state index contributed by atoms with van der Waals surface area (Å²) >= 11 is 0. The lowest BCUT2D eigenvalue weighted by Crippen LogP contribution is -2.08. The fourth-order valence-corrected chi connectivity index (χ4v) is 1.40. The molecule has 0 fully saturated rings. The van der Waals surface area contributed by atoms with Crippen LogP contribution in [0.5, 0.6) is 5.88 Å². The number of ether oxygens (including phenoxy) is 2. The van der Waals surface area contributed by atoms with Crippen molar-refractivity contribution in [1.29, 1.82) is 0 Å². The van der Waals surface area contributed by atoms with E-state index < -0.39 is 0 Å². The van der Waals surface area contributed by atoms with Gasteiger partial charge in [0.05, 0.1) is 6.61 Å². The molecule has 0 aliphatic heterocycles. The molecule has 0 aliphatic carbocycles. The van der Waals surface area contributed by atoms with Crippen LogP contribution in [0.25, 0.3) is 0 Å². The number of nitrogens with one attached hydrogen (secondary N) is 1. The molecule has 0 spiro atoms. The van der Waals surface area contributed by atoms with E-state index in [2.05, 4.69) is 22.2 Å². The van der Waals surface area contributed by atoms with Crippen molar-refractivity contribution in [3.63, 3.8) is 0 Å². The highest BCUT2D eigenvalue weighted by molar-refractivity contribution is 5.38. The maximum atomic E-state index is 5.61. The second-order valence-electron chi connectivity index (χ2n) is 3.88. The summed E-state index contributed by atoms with van der Waals surface area (Å²) in [5.41, 5.74) is 0. The molecule has 1 N–H and O–H groups in total. The zero-order chi connectivity index (χ0) is 13.2. The van der Waals surface area contributed by atoms with E-state index in [9.17, 15) is 0 Å². The molecule has 0 saturated heterocycles. The summed E-state index contributed by atoms with van der Waals surface area (Å²) in [5, 5.41) is 3.17. The van der Waals surface area contributed by atoms with Crippen LogP contribution in [0.2, 0.25) is 0 Å². The van der Waals surface area contributed by atoms with Gasteiger partial charge in [0.25, 0.3) is 0 Å². The van der Waals surface area contributed by atoms with Gasteiger partial charge in [-0.3, -0.25) is 0 Å². The first-order chi connectivity index (χ1) is 8.80. The Balaban J connectivity index is 2.70. The lowest BCUT2D eigenvalue weighted by molar-refractivity contribution is 0.127. The molecular formula is C13H23N3O2. The molecule has 102 valence electrons. The van der Waals surface area contributed by atoms with Gasteiger partial charge in [-0.25, -0.2) is 4.98 Å². The lowest BCUT2D eigenvalue weighted by Gasteiger charge is -2.09. The van der Waals surface area contributed by atoms with Crippen LogP contribution in [0.1, 0.15) is 39.4 Å². The third kappa shape index (κ3) is 5.31. The molecule has 0 atom stereocenters. The zero-order valence-corrected chi connectivity index (χ0v) is 11.5. The van der Waals surface area contributed by atoms with Crippen molar-refractivity contribution in [2.24, 2.45) is 0 Å². The van der Waals surface area contributed by atoms with E-state index >= 15 is 0 Å². The maximum Gasteiger partial charge on any atom is 0.218 e. The van der Waals surface area contributed by atoms with Crippen LogP contribution in [0, 0.1) is 0 Å². The van der Waals surface area contributed by atoms with E-state index in [0.29, 0.717) is 31.5 Å². The van der Waals surface area contributed by atoms with Crippen LogP contribution in [0.15, 0.2) is 6.07 Å². The maximum absolute atomic E-state index is 5.61. The zero-order valence-electron chi connectivity index (χ0n) is 11.5. The second kappa shape index (κ2) is 8.69. The molecule has 1 rings (SSSR count). The first-order valence-electron chi connectivity index (χ1n) is 6.62. The number of hydrogen-bond acceptors (Lipinski definition) is 5. The van der Waals surface area contributed by atoms with Crippen LogP contribution in [-0.2, 0) is 11.3 Å². The molecule has 0 amide bonds. The number of unbranched alkanes of at least 4 members (excludes halogenated alkanes) is 1. The topological polar surface area (TPSA) is 56.3 Å². The highest BCUT2D eigenvalue weighted by Gasteiger charge is 2.05. The molecule has 0 aliphatic rings. The Kier molecular flexibility index (Phi) is 7.10. The van der Waals surface area contributed by atoms with Gasteiger partial charge in [0.1, 0.15) is 12.4 Å². The SMILES string of the molecule is CCCCOc1cc(NCC)nc(COCC)n1. The predicted molar refractivity (Wildman–Crippen MR) is 71.9 cm³/mol. The van der Waals surface area contributed by atoms with E-state index in [1.165, 1.54) is 0 Å². The van der Waals surface area contributed by atoms with Gasteiger partial charge in [0.15, 0.2) is 5.82 Å². The largest absolute Gasteiger partial charge is 0.478 e. The Labute approximate surface area is 109 Å². The minimum atomic E-state index is 0.417. The molecule has 0 unspecified atom stereocenters. The average molecular weight is 253 g/mol. The summed E-state index contributed by atoms with van der Waals surface area (Å²) in [7, 11) is 0. The predicted octanol–water partition coefficient (Wildman–Crippen LogP) is 2.62. The van der Waals surface area contributed by atoms with Gasteiger partial charge in [-0.1, -0.05) is 13.3 Å². The van der Waals surface area contributed by atoms with Gasteiger partial charge in [-0.2, -0.15) is 4.98 Å². The third-order valence-corrected chi connectivity index (χ3v) is 2.29. The Morgan fingerprint density at radius 2 is 2.06 bits per heavy atom. The number of hydrogen-bond donors (Lipinski definition) is 1. The minimum Gasteiger partial charge on any atom is -0.478 e. The van der Waals surface area contributed by atoms with Crippen molar-refractivity contribution in [2.45, 2.75) is 40.2 Å². The molecule has 0 aromatic carbocycles. The molecule has 1 heterocycles. The fraction of sp³-hybridized carbons (Fsp3) is 0.692. The van der Waals surface area contributed by atoms with Crippen LogP contribution < -0.4 is 10.1 Å². The summed E-state index contributed by atoms with van der Waals surface area (Å²) in [4.78, 5) is 8.69. The van der Waals surface area contributed by atoms with Gasteiger partial charge in [0.2, 0.25) is 5.88 Å². The Morgan fingerprint density at radius 3 is 2.72 bits per heavy atom. The third-order valence-electron chi connectivity index (χ3n) is 2.29. The first kappa shape index (κ1) is 14.7. The van der Waals surface area contributed by atoms with Gasteiger partial charge in [-0.05, 0) is 20.3 Å². The molecule has 0 bridgehead atoms. The van der Waals surface area contributed by atoms with Gasteiger partial charge in [0, 0.05) is 19.2 Å². The molecule has 1 aromatic heterocycles. The molecule has 18 heavy (non-hydrogen) atoms. The van der Waals surface area contributed by atoms with Crippen LogP contribution in [0.3, 0.4) is 0 Å². The number of nitrogens with zero attached hydrogens (tertiary/aromatic N) is 2. The molecule has 0 saturated carbocycles. The van der Waals surface area contributed by atoms with Crippen molar-refractivity contribution in [3.8, 4) is 5.88 Å². The quantitative estimate of drug-likeness (QED) is 0.686. The Bertz CT molecular complexity index is 345. The normalized spacial score (nSPS) is 10.4. The monoisotopic (exact) mass is 253 g/mol. The van der Waals surface area contributed by atoms with Crippen LogP contribution in [0.4, 0.5) is 5.82 Å². The lowest BCUT2D eigenvalue weighted by atomic mass is 10.4. The smallest absolute Gasteiger partial charge is 0.218 e. The van der Waals surface area contributed by atoms with E-state index in [1.54, 1.807) is 0 Å². The Morgan fingerprint density at radius 1 is 1.22 bits per heavy atom. The standard InChI is InChI=1S/C13H23N3O2/c1-4-7-8-18-13-9-11(14-5-2)15-12(16-13)10-17-6-3/h9H,4-8,10H2,1-3H3,(H,14,15,16). The average Bonchev–Trinajstić information content (AvgIpc) is 2.37. The summed E-state index contributed by atoms with van der Waals surface area (Å²) in [6, 6.07) is 1.83. The number of rotatable bonds is 9. The van der Waals surface area contributed by atoms with Crippen molar-refractivity contribution in [2.75, 3.05) is 25.1 Å². The van der Waals surface area contributed by atoms with Crippen molar-refractivity contribution < 1.29 is 9.47 Å². The summed E-state index contributed by atoms with van der Waals surface area (Å²) in [6.45, 7) is 8.69. The molecule has 5 nitrogen and oxygen atoms in total. The summed E-state index contributed by atoms with van der Waals surface area (Å²) in [5.74, 6) is 2.06. The van der Waals surface area contributed by atoms with Crippen molar-refractivity contribution in [3.05, 3.63) is 11.9 Å². The van der Waals surface area contributed by atoms with E-state index in [0.717, 1.165) is 25.2 Å². The Hall–Kier alpha value is -1.36. The second-order valence-corrected chi connectivity index (χ2v) is 3.88. The van der Waals surface area contributed by atoms with Gasteiger partial charge < -0.3 is 14.8 Å². The minimum absolute atomic E-state index is 0.417. The number of anilines is 1. The van der Waals surface area contributed by atoms with Crippen molar-refractivity contribution in [1.82, 2.24) is 9.97 Å². The fourth-order valence-electron chi connectivity index (χ4n) is 1.40. The highest BCUT2D eigenvalue weighted by Crippen LogP contribution is 2.14.